The normalized spacial score (nSPS) is 10.8. The van der Waals surface area contributed by atoms with Crippen LogP contribution in [0.1, 0.15) is 30.2 Å². The molecular formula is C19H21ClN6O2. The molecule has 8 nitrogen and oxygen atoms in total. The fourth-order valence-corrected chi connectivity index (χ4v) is 3.39. The van der Waals surface area contributed by atoms with Gasteiger partial charge in [0.05, 0.1) is 25.9 Å². The van der Waals surface area contributed by atoms with Crippen LogP contribution in [0.15, 0.2) is 11.0 Å². The summed E-state index contributed by atoms with van der Waals surface area (Å²) in [4.78, 5) is 25.8. The summed E-state index contributed by atoms with van der Waals surface area (Å²) in [6.45, 7) is 6.14. The molecule has 0 aliphatic rings. The van der Waals surface area contributed by atoms with Crippen molar-refractivity contribution in [1.82, 2.24) is 24.1 Å². The number of hydrogen-bond donors (Lipinski definition) is 1. The summed E-state index contributed by atoms with van der Waals surface area (Å²) in [7, 11) is 1.61. The topological polar surface area (TPSA) is 101 Å². The molecule has 0 atom stereocenters. The Labute approximate surface area is 167 Å². The molecule has 0 spiro atoms. The number of hydrogen-bond acceptors (Lipinski definition) is 6. The predicted molar refractivity (Wildman–Crippen MR) is 109 cm³/mol. The quantitative estimate of drug-likeness (QED) is 0.532. The van der Waals surface area contributed by atoms with E-state index in [-0.39, 0.29) is 29.9 Å². The first kappa shape index (κ1) is 19.7. The van der Waals surface area contributed by atoms with Crippen LogP contribution in [0.2, 0.25) is 5.15 Å². The molecule has 0 radical (unpaired) electrons. The van der Waals surface area contributed by atoms with Crippen LogP contribution < -0.4 is 16.2 Å². The first-order chi connectivity index (χ1) is 13.4. The summed E-state index contributed by atoms with van der Waals surface area (Å²) >= 11 is 6.28. The largest absolute Gasteiger partial charge is 0.496 e. The summed E-state index contributed by atoms with van der Waals surface area (Å²) in [5, 5.41) is 0.114. The fraction of sp³-hybridized carbons (Fsp3) is 0.368. The van der Waals surface area contributed by atoms with Crippen LogP contribution in [-0.2, 0) is 13.1 Å². The number of anilines is 1. The van der Waals surface area contributed by atoms with E-state index in [1.165, 1.54) is 9.13 Å². The van der Waals surface area contributed by atoms with Gasteiger partial charge in [-0.2, -0.15) is 9.97 Å². The molecule has 0 bridgehead atoms. The van der Waals surface area contributed by atoms with E-state index in [1.807, 2.05) is 20.8 Å². The molecule has 0 aliphatic heterocycles. The minimum atomic E-state index is -0.303. The van der Waals surface area contributed by atoms with E-state index >= 15 is 0 Å². The highest BCUT2D eigenvalue weighted by atomic mass is 35.5. The molecule has 9 heteroatoms. The number of rotatable bonds is 4. The number of nitrogen functional groups attached to an aromatic ring is 1. The average Bonchev–Trinajstić information content (AvgIpc) is 2.90. The lowest BCUT2D eigenvalue weighted by atomic mass is 10.1. The van der Waals surface area contributed by atoms with Crippen LogP contribution in [0.4, 0.5) is 5.95 Å². The van der Waals surface area contributed by atoms with Gasteiger partial charge in [0.25, 0.3) is 0 Å². The van der Waals surface area contributed by atoms with Crippen LogP contribution in [0.25, 0.3) is 11.2 Å². The molecule has 3 heterocycles. The Balaban J connectivity index is 2.22. The zero-order valence-electron chi connectivity index (χ0n) is 16.2. The van der Waals surface area contributed by atoms with Crippen molar-refractivity contribution in [3.8, 4) is 17.6 Å². The molecule has 3 aromatic rings. The van der Waals surface area contributed by atoms with E-state index in [0.717, 1.165) is 16.9 Å². The lowest BCUT2D eigenvalue weighted by Crippen LogP contribution is -2.25. The maximum Gasteiger partial charge on any atom is 0.331 e. The van der Waals surface area contributed by atoms with Crippen molar-refractivity contribution in [3.63, 3.8) is 0 Å². The number of nitrogens with two attached hydrogens (primary N) is 1. The van der Waals surface area contributed by atoms with Crippen molar-refractivity contribution in [2.45, 2.75) is 40.3 Å². The van der Waals surface area contributed by atoms with Gasteiger partial charge >= 0.3 is 5.69 Å². The van der Waals surface area contributed by atoms with E-state index in [1.54, 1.807) is 13.3 Å². The molecule has 3 aromatic heterocycles. The number of pyridine rings is 1. The standard InChI is InChI=1S/C19H21ClN6O2/c1-5-6-7-8-25-14-16(20)23-18(21)24-17(14)26(19(25)27)10-13-12(3)15(28-4)11(2)9-22-13/h9H,5,8,10H2,1-4H3,(H2,21,23,24). The Bertz CT molecular complexity index is 1170. The van der Waals surface area contributed by atoms with E-state index in [2.05, 4.69) is 26.8 Å². The number of methoxy groups -OCH3 is 1. The number of imidazole rings is 1. The average molecular weight is 401 g/mol. The minimum Gasteiger partial charge on any atom is -0.496 e. The van der Waals surface area contributed by atoms with E-state index in [0.29, 0.717) is 23.3 Å². The Kier molecular flexibility index (Phi) is 5.56. The van der Waals surface area contributed by atoms with Gasteiger partial charge in [-0.25, -0.2) is 4.79 Å². The molecule has 0 aliphatic carbocycles. The van der Waals surface area contributed by atoms with Gasteiger partial charge in [0, 0.05) is 23.7 Å². The van der Waals surface area contributed by atoms with Crippen LogP contribution in [0, 0.1) is 25.7 Å². The maximum atomic E-state index is 13.1. The van der Waals surface area contributed by atoms with E-state index in [4.69, 9.17) is 22.1 Å². The zero-order chi connectivity index (χ0) is 20.4. The smallest absolute Gasteiger partial charge is 0.331 e. The first-order valence-electron chi connectivity index (χ1n) is 8.75. The Morgan fingerprint density at radius 2 is 2.00 bits per heavy atom. The molecule has 146 valence electrons. The minimum absolute atomic E-state index is 0.00536. The Morgan fingerprint density at radius 3 is 2.68 bits per heavy atom. The van der Waals surface area contributed by atoms with Crippen LogP contribution in [0.5, 0.6) is 5.75 Å². The third-order valence-corrected chi connectivity index (χ3v) is 4.69. The summed E-state index contributed by atoms with van der Waals surface area (Å²) in [5.41, 5.74) is 8.69. The number of aryl methyl sites for hydroxylation is 1. The lowest BCUT2D eigenvalue weighted by molar-refractivity contribution is 0.406. The molecule has 28 heavy (non-hydrogen) atoms. The second-order valence-corrected chi connectivity index (χ2v) is 6.61. The number of nitrogens with zero attached hydrogens (tertiary/aromatic N) is 5. The molecular weight excluding hydrogens is 380 g/mol. The number of fused-ring (bicyclic) bond motifs is 1. The van der Waals surface area contributed by atoms with E-state index in [9.17, 15) is 4.79 Å². The third-order valence-electron chi connectivity index (χ3n) is 4.42. The van der Waals surface area contributed by atoms with Crippen LogP contribution in [-0.4, -0.2) is 31.2 Å². The van der Waals surface area contributed by atoms with Gasteiger partial charge in [-0.1, -0.05) is 24.4 Å². The van der Waals surface area contributed by atoms with Crippen molar-refractivity contribution in [2.75, 3.05) is 12.8 Å². The second kappa shape index (κ2) is 7.90. The molecule has 0 saturated carbocycles. The number of aromatic nitrogens is 5. The molecule has 0 unspecified atom stereocenters. The number of halogens is 1. The number of ether oxygens (including phenoxy) is 1. The summed E-state index contributed by atoms with van der Waals surface area (Å²) in [6, 6.07) is 0. The SMILES string of the molecule is CCC#CCn1c(=O)n(Cc2ncc(C)c(OC)c2C)c2nc(N)nc(Cl)c21. The summed E-state index contributed by atoms with van der Waals surface area (Å²) in [6.07, 6.45) is 2.41. The van der Waals surface area contributed by atoms with Gasteiger partial charge in [0.15, 0.2) is 10.8 Å². The summed E-state index contributed by atoms with van der Waals surface area (Å²) in [5.74, 6) is 6.64. The highest BCUT2D eigenvalue weighted by molar-refractivity contribution is 6.33. The first-order valence-corrected chi connectivity index (χ1v) is 9.13. The van der Waals surface area contributed by atoms with Gasteiger partial charge < -0.3 is 10.5 Å². The van der Waals surface area contributed by atoms with Crippen molar-refractivity contribution in [2.24, 2.45) is 0 Å². The van der Waals surface area contributed by atoms with Gasteiger partial charge in [-0.15, -0.1) is 5.92 Å². The van der Waals surface area contributed by atoms with Crippen LogP contribution in [0.3, 0.4) is 0 Å². The molecule has 2 N–H and O–H groups in total. The highest BCUT2D eigenvalue weighted by Crippen LogP contribution is 2.26. The molecule has 0 fully saturated rings. The maximum absolute atomic E-state index is 13.1. The lowest BCUT2D eigenvalue weighted by Gasteiger charge is -2.12. The van der Waals surface area contributed by atoms with E-state index < -0.39 is 0 Å². The van der Waals surface area contributed by atoms with Gasteiger partial charge in [0.2, 0.25) is 5.95 Å². The second-order valence-electron chi connectivity index (χ2n) is 6.25. The van der Waals surface area contributed by atoms with Crippen molar-refractivity contribution >= 4 is 28.7 Å². The Morgan fingerprint density at radius 1 is 1.25 bits per heavy atom. The zero-order valence-corrected chi connectivity index (χ0v) is 17.0. The molecule has 0 aromatic carbocycles. The highest BCUT2D eigenvalue weighted by Gasteiger charge is 2.20. The van der Waals surface area contributed by atoms with Crippen molar-refractivity contribution in [1.29, 1.82) is 0 Å². The van der Waals surface area contributed by atoms with Crippen molar-refractivity contribution in [3.05, 3.63) is 38.7 Å². The molecule has 3 rings (SSSR count). The predicted octanol–water partition coefficient (Wildman–Crippen LogP) is 2.31. The molecule has 0 amide bonds. The monoisotopic (exact) mass is 400 g/mol. The Hall–Kier alpha value is -3.05. The van der Waals surface area contributed by atoms with Gasteiger partial charge in [0.1, 0.15) is 11.3 Å². The van der Waals surface area contributed by atoms with Gasteiger partial charge in [-0.3, -0.25) is 14.1 Å². The van der Waals surface area contributed by atoms with Gasteiger partial charge in [-0.05, 0) is 13.8 Å². The fourth-order valence-electron chi connectivity index (χ4n) is 3.11. The van der Waals surface area contributed by atoms with Crippen molar-refractivity contribution < 1.29 is 4.74 Å². The molecule has 0 saturated heterocycles. The van der Waals surface area contributed by atoms with Crippen LogP contribution >= 0.6 is 11.6 Å². The third kappa shape index (κ3) is 3.41. The summed E-state index contributed by atoms with van der Waals surface area (Å²) < 4.78 is 8.41.